The van der Waals surface area contributed by atoms with Crippen LogP contribution in [0.15, 0.2) is 12.5 Å². The molecule has 1 unspecified atom stereocenters. The first-order valence-electron chi connectivity index (χ1n) is 3.95. The summed E-state index contributed by atoms with van der Waals surface area (Å²) < 4.78 is 0. The van der Waals surface area contributed by atoms with E-state index in [1.54, 1.807) is 7.05 Å². The maximum atomic E-state index is 10.4. The van der Waals surface area contributed by atoms with Gasteiger partial charge in [-0.05, 0) is 7.05 Å². The summed E-state index contributed by atoms with van der Waals surface area (Å²) in [6.07, 6.45) is 2.96. The van der Waals surface area contributed by atoms with E-state index in [2.05, 4.69) is 9.97 Å². The predicted molar refractivity (Wildman–Crippen MR) is 47.2 cm³/mol. The maximum Gasteiger partial charge on any atom is 0.317 e. The van der Waals surface area contributed by atoms with Crippen molar-refractivity contribution in [3.8, 4) is 6.07 Å². The molecule has 6 nitrogen and oxygen atoms in total. The number of imidazole rings is 1. The predicted octanol–water partition coefficient (Wildman–Crippen LogP) is -0.00922. The Balaban J connectivity index is 2.73. The Hall–Kier alpha value is -1.87. The molecule has 0 aliphatic heterocycles. The van der Waals surface area contributed by atoms with Crippen molar-refractivity contribution in [2.75, 3.05) is 13.6 Å². The average Bonchev–Trinajstić information content (AvgIpc) is 2.57. The second kappa shape index (κ2) is 4.39. The van der Waals surface area contributed by atoms with Gasteiger partial charge in [0.25, 0.3) is 0 Å². The highest BCUT2D eigenvalue weighted by Crippen LogP contribution is 2.14. The summed E-state index contributed by atoms with van der Waals surface area (Å²) in [6.45, 7) is -0.183. The quantitative estimate of drug-likeness (QED) is 0.703. The summed E-state index contributed by atoms with van der Waals surface area (Å²) in [7, 11) is 1.57. The van der Waals surface area contributed by atoms with Crippen LogP contribution in [0.1, 0.15) is 11.7 Å². The van der Waals surface area contributed by atoms with E-state index in [-0.39, 0.29) is 6.54 Å². The van der Waals surface area contributed by atoms with Crippen molar-refractivity contribution < 1.29 is 9.90 Å². The van der Waals surface area contributed by atoms with Crippen LogP contribution in [0.3, 0.4) is 0 Å². The Kier molecular flexibility index (Phi) is 3.20. The molecule has 0 radical (unpaired) electrons. The number of nitriles is 1. The standard InChI is InChI=1S/C8H10N4O2/c1-12(4-8(13)14)7(2-9)6-3-10-5-11-6/h3,5,7H,4H2,1H3,(H,10,11)(H,13,14). The molecule has 0 spiro atoms. The summed E-state index contributed by atoms with van der Waals surface area (Å²) in [5, 5.41) is 17.4. The highest BCUT2D eigenvalue weighted by Gasteiger charge is 2.19. The van der Waals surface area contributed by atoms with E-state index in [1.807, 2.05) is 6.07 Å². The first kappa shape index (κ1) is 10.2. The monoisotopic (exact) mass is 194 g/mol. The molecule has 0 saturated carbocycles. The third kappa shape index (κ3) is 2.31. The Bertz CT molecular complexity index is 341. The van der Waals surface area contributed by atoms with Gasteiger partial charge in [0.2, 0.25) is 0 Å². The van der Waals surface area contributed by atoms with Crippen molar-refractivity contribution in [3.05, 3.63) is 18.2 Å². The lowest BCUT2D eigenvalue weighted by Gasteiger charge is -2.18. The fraction of sp³-hybridized carbons (Fsp3) is 0.375. The minimum absolute atomic E-state index is 0.183. The zero-order valence-corrected chi connectivity index (χ0v) is 7.64. The summed E-state index contributed by atoms with van der Waals surface area (Å²) in [6, 6.07) is 1.40. The van der Waals surface area contributed by atoms with Crippen LogP contribution in [0.4, 0.5) is 0 Å². The van der Waals surface area contributed by atoms with Crippen LogP contribution in [-0.2, 0) is 4.79 Å². The molecule has 0 saturated heterocycles. The van der Waals surface area contributed by atoms with E-state index in [1.165, 1.54) is 17.4 Å². The smallest absolute Gasteiger partial charge is 0.317 e. The Morgan fingerprint density at radius 1 is 1.93 bits per heavy atom. The molecule has 14 heavy (non-hydrogen) atoms. The number of aliphatic carboxylic acids is 1. The number of hydrogen-bond donors (Lipinski definition) is 2. The van der Waals surface area contributed by atoms with Gasteiger partial charge in [-0.1, -0.05) is 0 Å². The molecule has 1 aromatic rings. The van der Waals surface area contributed by atoms with Crippen molar-refractivity contribution >= 4 is 5.97 Å². The van der Waals surface area contributed by atoms with Gasteiger partial charge in [0.1, 0.15) is 6.04 Å². The second-order valence-corrected chi connectivity index (χ2v) is 2.85. The number of rotatable bonds is 4. The lowest BCUT2D eigenvalue weighted by molar-refractivity contribution is -0.138. The van der Waals surface area contributed by atoms with Crippen molar-refractivity contribution in [2.45, 2.75) is 6.04 Å². The fourth-order valence-corrected chi connectivity index (χ4v) is 1.13. The van der Waals surface area contributed by atoms with Crippen molar-refractivity contribution in [1.29, 1.82) is 5.26 Å². The van der Waals surface area contributed by atoms with E-state index in [0.29, 0.717) is 5.69 Å². The highest BCUT2D eigenvalue weighted by atomic mass is 16.4. The van der Waals surface area contributed by atoms with Crippen LogP contribution in [0.5, 0.6) is 0 Å². The fourth-order valence-electron chi connectivity index (χ4n) is 1.13. The molecule has 0 amide bonds. The van der Waals surface area contributed by atoms with Crippen LogP contribution in [0, 0.1) is 11.3 Å². The molecule has 1 rings (SSSR count). The topological polar surface area (TPSA) is 93.0 Å². The number of hydrogen-bond acceptors (Lipinski definition) is 4. The van der Waals surface area contributed by atoms with Crippen molar-refractivity contribution in [3.63, 3.8) is 0 Å². The minimum Gasteiger partial charge on any atom is -0.480 e. The van der Waals surface area contributed by atoms with Gasteiger partial charge in [0, 0.05) is 0 Å². The Morgan fingerprint density at radius 2 is 2.64 bits per heavy atom. The summed E-state index contributed by atoms with van der Waals surface area (Å²) in [5.74, 6) is -0.965. The molecule has 74 valence electrons. The number of H-pyrrole nitrogens is 1. The number of carboxylic acid groups (broad SMARTS) is 1. The molecule has 0 aliphatic carbocycles. The van der Waals surface area contributed by atoms with Gasteiger partial charge < -0.3 is 10.1 Å². The van der Waals surface area contributed by atoms with E-state index in [9.17, 15) is 4.79 Å². The van der Waals surface area contributed by atoms with Gasteiger partial charge in [-0.15, -0.1) is 0 Å². The summed E-state index contributed by atoms with van der Waals surface area (Å²) in [4.78, 5) is 18.4. The molecule has 2 N–H and O–H groups in total. The van der Waals surface area contributed by atoms with Gasteiger partial charge in [0.05, 0.1) is 30.8 Å². The lowest BCUT2D eigenvalue weighted by Crippen LogP contribution is -2.29. The zero-order chi connectivity index (χ0) is 10.6. The lowest BCUT2D eigenvalue weighted by atomic mass is 10.2. The zero-order valence-electron chi connectivity index (χ0n) is 7.64. The molecule has 0 fully saturated rings. The molecular weight excluding hydrogens is 184 g/mol. The summed E-state index contributed by atoms with van der Waals surface area (Å²) >= 11 is 0. The van der Waals surface area contributed by atoms with E-state index < -0.39 is 12.0 Å². The van der Waals surface area contributed by atoms with Crippen LogP contribution >= 0.6 is 0 Å². The van der Waals surface area contributed by atoms with E-state index in [4.69, 9.17) is 10.4 Å². The highest BCUT2D eigenvalue weighted by molar-refractivity contribution is 5.69. The van der Waals surface area contributed by atoms with Crippen molar-refractivity contribution in [1.82, 2.24) is 14.9 Å². The van der Waals surface area contributed by atoms with Crippen LogP contribution < -0.4 is 0 Å². The average molecular weight is 194 g/mol. The molecule has 1 atom stereocenters. The third-order valence-electron chi connectivity index (χ3n) is 1.76. The Labute approximate surface area is 80.8 Å². The number of nitrogens with zero attached hydrogens (tertiary/aromatic N) is 3. The number of likely N-dealkylation sites (N-methyl/N-ethyl adjacent to an activating group) is 1. The van der Waals surface area contributed by atoms with Crippen LogP contribution in [-0.4, -0.2) is 39.5 Å². The van der Waals surface area contributed by atoms with E-state index >= 15 is 0 Å². The Morgan fingerprint density at radius 3 is 3.07 bits per heavy atom. The molecule has 1 aromatic heterocycles. The molecule has 0 bridgehead atoms. The molecule has 1 heterocycles. The largest absolute Gasteiger partial charge is 0.480 e. The van der Waals surface area contributed by atoms with Crippen molar-refractivity contribution in [2.24, 2.45) is 0 Å². The third-order valence-corrected chi connectivity index (χ3v) is 1.76. The van der Waals surface area contributed by atoms with Gasteiger partial charge in [-0.25, -0.2) is 4.98 Å². The number of aromatic amines is 1. The van der Waals surface area contributed by atoms with Crippen LogP contribution in [0.2, 0.25) is 0 Å². The first-order valence-corrected chi connectivity index (χ1v) is 3.95. The van der Waals surface area contributed by atoms with Gasteiger partial charge >= 0.3 is 5.97 Å². The normalized spacial score (nSPS) is 12.4. The SMILES string of the molecule is CN(CC(=O)O)C(C#N)c1cnc[nH]1. The van der Waals surface area contributed by atoms with Gasteiger partial charge in [-0.3, -0.25) is 9.69 Å². The number of nitrogens with one attached hydrogen (secondary N) is 1. The molecule has 0 aliphatic rings. The van der Waals surface area contributed by atoms with E-state index in [0.717, 1.165) is 0 Å². The first-order chi connectivity index (χ1) is 6.65. The molecule has 0 aromatic carbocycles. The number of aromatic nitrogens is 2. The van der Waals surface area contributed by atoms with Gasteiger partial charge in [0.15, 0.2) is 0 Å². The minimum atomic E-state index is -0.965. The number of carbonyl (C=O) groups is 1. The second-order valence-electron chi connectivity index (χ2n) is 2.85. The molecular formula is C8H10N4O2. The van der Waals surface area contributed by atoms with Gasteiger partial charge in [-0.2, -0.15) is 5.26 Å². The maximum absolute atomic E-state index is 10.4. The summed E-state index contributed by atoms with van der Waals surface area (Å²) in [5.41, 5.74) is 0.594. The molecule has 6 heteroatoms. The number of carboxylic acids is 1. The van der Waals surface area contributed by atoms with Crippen LogP contribution in [0.25, 0.3) is 0 Å².